The SMILES string of the molecule is CN(c1cccc(O)c1)S(=O)(=O)CCc1ccncc1. The third-order valence-corrected chi connectivity index (χ3v) is 4.77. The topological polar surface area (TPSA) is 70.5 Å². The van der Waals surface area contributed by atoms with Gasteiger partial charge in [0.2, 0.25) is 10.0 Å². The molecule has 1 aromatic carbocycles. The number of aromatic nitrogens is 1. The summed E-state index contributed by atoms with van der Waals surface area (Å²) in [5.41, 5.74) is 1.37. The summed E-state index contributed by atoms with van der Waals surface area (Å²) in [6.07, 6.45) is 3.70. The summed E-state index contributed by atoms with van der Waals surface area (Å²) in [4.78, 5) is 3.89. The largest absolute Gasteiger partial charge is 0.508 e. The Labute approximate surface area is 118 Å². The first-order valence-corrected chi connectivity index (χ1v) is 7.74. The molecule has 2 aromatic rings. The highest BCUT2D eigenvalue weighted by molar-refractivity contribution is 7.92. The fourth-order valence-corrected chi connectivity index (χ4v) is 2.98. The second kappa shape index (κ2) is 5.92. The molecular weight excluding hydrogens is 276 g/mol. The van der Waals surface area contributed by atoms with Gasteiger partial charge in [0, 0.05) is 25.5 Å². The molecule has 2 rings (SSSR count). The lowest BCUT2D eigenvalue weighted by Crippen LogP contribution is -2.29. The van der Waals surface area contributed by atoms with Gasteiger partial charge < -0.3 is 5.11 Å². The molecule has 0 unspecified atom stereocenters. The summed E-state index contributed by atoms with van der Waals surface area (Å²) < 4.78 is 25.7. The molecule has 0 saturated heterocycles. The Morgan fingerprint density at radius 1 is 1.20 bits per heavy atom. The molecule has 0 amide bonds. The van der Waals surface area contributed by atoms with Crippen LogP contribution >= 0.6 is 0 Å². The van der Waals surface area contributed by atoms with Gasteiger partial charge in [-0.3, -0.25) is 9.29 Å². The van der Waals surface area contributed by atoms with Gasteiger partial charge in [0.05, 0.1) is 11.4 Å². The number of benzene rings is 1. The fraction of sp³-hybridized carbons (Fsp3) is 0.214. The predicted molar refractivity (Wildman–Crippen MR) is 78.2 cm³/mol. The average molecular weight is 292 g/mol. The standard InChI is InChI=1S/C14H16N2O3S/c1-16(13-3-2-4-14(17)11-13)20(18,19)10-7-12-5-8-15-9-6-12/h2-6,8-9,11,17H,7,10H2,1H3. The Hall–Kier alpha value is -2.08. The molecule has 1 N–H and O–H groups in total. The van der Waals surface area contributed by atoms with Gasteiger partial charge in [-0.25, -0.2) is 8.42 Å². The van der Waals surface area contributed by atoms with Gasteiger partial charge in [0.15, 0.2) is 0 Å². The molecule has 0 aliphatic rings. The Bertz CT molecular complexity index is 672. The predicted octanol–water partition coefficient (Wildman–Crippen LogP) is 1.80. The first kappa shape index (κ1) is 14.3. The van der Waals surface area contributed by atoms with E-state index in [1.54, 1.807) is 36.7 Å². The van der Waals surface area contributed by atoms with Crippen molar-refractivity contribution in [1.29, 1.82) is 0 Å². The molecule has 0 bridgehead atoms. The summed E-state index contributed by atoms with van der Waals surface area (Å²) in [6, 6.07) is 9.77. The summed E-state index contributed by atoms with van der Waals surface area (Å²) >= 11 is 0. The number of anilines is 1. The summed E-state index contributed by atoms with van der Waals surface area (Å²) in [5, 5.41) is 9.41. The Morgan fingerprint density at radius 2 is 1.90 bits per heavy atom. The normalized spacial score (nSPS) is 11.2. The van der Waals surface area contributed by atoms with Crippen LogP contribution in [0.15, 0.2) is 48.8 Å². The number of hydrogen-bond acceptors (Lipinski definition) is 4. The number of rotatable bonds is 5. The van der Waals surface area contributed by atoms with E-state index in [-0.39, 0.29) is 11.5 Å². The third kappa shape index (κ3) is 3.48. The van der Waals surface area contributed by atoms with Gasteiger partial charge >= 0.3 is 0 Å². The molecule has 0 spiro atoms. The van der Waals surface area contributed by atoms with E-state index in [0.717, 1.165) is 5.56 Å². The van der Waals surface area contributed by atoms with E-state index in [1.807, 2.05) is 0 Å². The maximum absolute atomic E-state index is 12.2. The number of sulfonamides is 1. The lowest BCUT2D eigenvalue weighted by molar-refractivity contribution is 0.475. The number of aryl methyl sites for hydroxylation is 1. The van der Waals surface area contributed by atoms with Crippen LogP contribution in [0.4, 0.5) is 5.69 Å². The molecule has 106 valence electrons. The van der Waals surface area contributed by atoms with Crippen molar-refractivity contribution in [2.75, 3.05) is 17.1 Å². The molecule has 5 nitrogen and oxygen atoms in total. The highest BCUT2D eigenvalue weighted by atomic mass is 32.2. The monoisotopic (exact) mass is 292 g/mol. The number of phenolic OH excluding ortho intramolecular Hbond substituents is 1. The van der Waals surface area contributed by atoms with Crippen LogP contribution < -0.4 is 4.31 Å². The molecule has 0 aliphatic carbocycles. The highest BCUT2D eigenvalue weighted by Gasteiger charge is 2.18. The number of nitrogens with zero attached hydrogens (tertiary/aromatic N) is 2. The minimum absolute atomic E-state index is 0.00314. The maximum atomic E-state index is 12.2. The zero-order chi connectivity index (χ0) is 14.6. The van der Waals surface area contributed by atoms with Gasteiger partial charge in [-0.05, 0) is 36.2 Å². The molecule has 0 radical (unpaired) electrons. The maximum Gasteiger partial charge on any atom is 0.235 e. The molecular formula is C14H16N2O3S. The van der Waals surface area contributed by atoms with Crippen LogP contribution in [0.5, 0.6) is 5.75 Å². The number of phenols is 1. The van der Waals surface area contributed by atoms with Crippen molar-refractivity contribution in [2.45, 2.75) is 6.42 Å². The highest BCUT2D eigenvalue weighted by Crippen LogP contribution is 2.21. The minimum Gasteiger partial charge on any atom is -0.508 e. The first-order valence-electron chi connectivity index (χ1n) is 6.13. The number of aromatic hydroxyl groups is 1. The third-order valence-electron chi connectivity index (χ3n) is 3.01. The van der Waals surface area contributed by atoms with Crippen molar-refractivity contribution in [3.05, 3.63) is 54.4 Å². The minimum atomic E-state index is -3.43. The molecule has 1 aromatic heterocycles. The van der Waals surface area contributed by atoms with Gasteiger partial charge in [0.1, 0.15) is 5.75 Å². The number of pyridine rings is 1. The van der Waals surface area contributed by atoms with Crippen LogP contribution in [-0.2, 0) is 16.4 Å². The second-order valence-electron chi connectivity index (χ2n) is 4.41. The first-order chi connectivity index (χ1) is 9.49. The van der Waals surface area contributed by atoms with E-state index in [1.165, 1.54) is 23.5 Å². The van der Waals surface area contributed by atoms with Crippen LogP contribution in [0.1, 0.15) is 5.56 Å². The van der Waals surface area contributed by atoms with E-state index < -0.39 is 10.0 Å². The van der Waals surface area contributed by atoms with E-state index in [9.17, 15) is 13.5 Å². The lowest BCUT2D eigenvalue weighted by Gasteiger charge is -2.19. The zero-order valence-electron chi connectivity index (χ0n) is 11.1. The van der Waals surface area contributed by atoms with Crippen LogP contribution in [-0.4, -0.2) is 31.3 Å². The van der Waals surface area contributed by atoms with Crippen LogP contribution in [0, 0.1) is 0 Å². The Kier molecular flexibility index (Phi) is 4.24. The van der Waals surface area contributed by atoms with Crippen molar-refractivity contribution < 1.29 is 13.5 Å². The Balaban J connectivity index is 2.10. The lowest BCUT2D eigenvalue weighted by atomic mass is 10.2. The van der Waals surface area contributed by atoms with Gasteiger partial charge in [0.25, 0.3) is 0 Å². The smallest absolute Gasteiger partial charge is 0.235 e. The average Bonchev–Trinajstić information content (AvgIpc) is 2.45. The second-order valence-corrected chi connectivity index (χ2v) is 6.53. The van der Waals surface area contributed by atoms with Gasteiger partial charge in [-0.15, -0.1) is 0 Å². The van der Waals surface area contributed by atoms with Crippen LogP contribution in [0.2, 0.25) is 0 Å². The van der Waals surface area contributed by atoms with Crippen molar-refractivity contribution >= 4 is 15.7 Å². The van der Waals surface area contributed by atoms with Gasteiger partial charge in [-0.1, -0.05) is 6.07 Å². The van der Waals surface area contributed by atoms with Crippen molar-refractivity contribution in [2.24, 2.45) is 0 Å². The van der Waals surface area contributed by atoms with E-state index >= 15 is 0 Å². The Morgan fingerprint density at radius 3 is 2.55 bits per heavy atom. The molecule has 0 atom stereocenters. The van der Waals surface area contributed by atoms with E-state index in [4.69, 9.17) is 0 Å². The zero-order valence-corrected chi connectivity index (χ0v) is 11.9. The molecule has 6 heteroatoms. The molecule has 0 fully saturated rings. The summed E-state index contributed by atoms with van der Waals surface area (Å²) in [5.74, 6) is 0.0436. The van der Waals surface area contributed by atoms with E-state index in [2.05, 4.69) is 4.98 Å². The van der Waals surface area contributed by atoms with Gasteiger partial charge in [-0.2, -0.15) is 0 Å². The molecule has 0 saturated carbocycles. The van der Waals surface area contributed by atoms with Crippen LogP contribution in [0.25, 0.3) is 0 Å². The quantitative estimate of drug-likeness (QED) is 0.912. The van der Waals surface area contributed by atoms with E-state index in [0.29, 0.717) is 12.1 Å². The molecule has 0 aliphatic heterocycles. The number of hydrogen-bond donors (Lipinski definition) is 1. The van der Waals surface area contributed by atoms with Crippen molar-refractivity contribution in [1.82, 2.24) is 4.98 Å². The fourth-order valence-electron chi connectivity index (χ4n) is 1.78. The summed E-state index contributed by atoms with van der Waals surface area (Å²) in [7, 11) is -1.94. The van der Waals surface area contributed by atoms with Crippen molar-refractivity contribution in [3.63, 3.8) is 0 Å². The molecule has 20 heavy (non-hydrogen) atoms. The van der Waals surface area contributed by atoms with Crippen LogP contribution in [0.3, 0.4) is 0 Å². The van der Waals surface area contributed by atoms with Crippen molar-refractivity contribution in [3.8, 4) is 5.75 Å². The molecule has 1 heterocycles. The summed E-state index contributed by atoms with van der Waals surface area (Å²) in [6.45, 7) is 0.